The van der Waals surface area contributed by atoms with Crippen LogP contribution >= 0.6 is 0 Å². The lowest BCUT2D eigenvalue weighted by Gasteiger charge is -2.24. The van der Waals surface area contributed by atoms with Crippen LogP contribution in [0.5, 0.6) is 0 Å². The first-order valence-corrected chi connectivity index (χ1v) is 6.29. The summed E-state index contributed by atoms with van der Waals surface area (Å²) in [6.07, 6.45) is 1.96. The standard InChI is InChI=1S/C17H19N/c1-2-14(13-18)17(15-9-5-3-6-10-15)16-11-7-4-8-12-16/h2-12,14,17H,1,13,18H2/t14-/m1/s1. The molecule has 0 spiro atoms. The van der Waals surface area contributed by atoms with Crippen LogP contribution in [0, 0.1) is 5.92 Å². The zero-order valence-electron chi connectivity index (χ0n) is 10.5. The van der Waals surface area contributed by atoms with E-state index in [1.54, 1.807) is 0 Å². The highest BCUT2D eigenvalue weighted by molar-refractivity contribution is 5.34. The van der Waals surface area contributed by atoms with Gasteiger partial charge in [0.05, 0.1) is 0 Å². The predicted molar refractivity (Wildman–Crippen MR) is 77.5 cm³/mol. The maximum atomic E-state index is 5.89. The van der Waals surface area contributed by atoms with E-state index in [0.717, 1.165) is 0 Å². The maximum absolute atomic E-state index is 5.89. The van der Waals surface area contributed by atoms with Gasteiger partial charge in [0.2, 0.25) is 0 Å². The largest absolute Gasteiger partial charge is 0.330 e. The van der Waals surface area contributed by atoms with Gasteiger partial charge < -0.3 is 5.73 Å². The Bertz CT molecular complexity index is 436. The van der Waals surface area contributed by atoms with E-state index in [-0.39, 0.29) is 11.8 Å². The molecule has 2 aromatic carbocycles. The van der Waals surface area contributed by atoms with Crippen LogP contribution in [0.3, 0.4) is 0 Å². The molecule has 2 rings (SSSR count). The van der Waals surface area contributed by atoms with Crippen molar-refractivity contribution in [3.8, 4) is 0 Å². The maximum Gasteiger partial charge on any atom is 0.0164 e. The molecule has 1 atom stereocenters. The van der Waals surface area contributed by atoms with Crippen molar-refractivity contribution >= 4 is 0 Å². The average Bonchev–Trinajstić information content (AvgIpc) is 2.46. The number of nitrogens with two attached hydrogens (primary N) is 1. The minimum atomic E-state index is 0.259. The first-order valence-electron chi connectivity index (χ1n) is 6.29. The van der Waals surface area contributed by atoms with E-state index >= 15 is 0 Å². The highest BCUT2D eigenvalue weighted by atomic mass is 14.6. The molecule has 0 saturated heterocycles. The molecule has 1 heteroatoms. The van der Waals surface area contributed by atoms with Gasteiger partial charge in [-0.15, -0.1) is 6.58 Å². The predicted octanol–water partition coefficient (Wildman–Crippen LogP) is 3.58. The lowest BCUT2D eigenvalue weighted by atomic mass is 9.81. The molecule has 0 bridgehead atoms. The Morgan fingerprint density at radius 3 is 1.67 bits per heavy atom. The minimum Gasteiger partial charge on any atom is -0.330 e. The van der Waals surface area contributed by atoms with Crippen LogP contribution in [0.25, 0.3) is 0 Å². The van der Waals surface area contributed by atoms with Gasteiger partial charge >= 0.3 is 0 Å². The Labute approximate surface area is 109 Å². The second kappa shape index (κ2) is 6.18. The molecule has 0 aliphatic heterocycles. The Kier molecular flexibility index (Phi) is 4.32. The van der Waals surface area contributed by atoms with Crippen LogP contribution in [0.4, 0.5) is 0 Å². The zero-order chi connectivity index (χ0) is 12.8. The highest BCUT2D eigenvalue weighted by Crippen LogP contribution is 2.32. The summed E-state index contributed by atoms with van der Waals surface area (Å²) < 4.78 is 0. The molecule has 0 unspecified atom stereocenters. The minimum absolute atomic E-state index is 0.259. The van der Waals surface area contributed by atoms with Crippen molar-refractivity contribution in [2.24, 2.45) is 11.7 Å². The van der Waals surface area contributed by atoms with Crippen molar-refractivity contribution in [2.45, 2.75) is 5.92 Å². The average molecular weight is 237 g/mol. The van der Waals surface area contributed by atoms with Crippen LogP contribution in [-0.4, -0.2) is 6.54 Å². The van der Waals surface area contributed by atoms with E-state index in [0.29, 0.717) is 6.54 Å². The van der Waals surface area contributed by atoms with Gasteiger partial charge in [0, 0.05) is 5.92 Å². The highest BCUT2D eigenvalue weighted by Gasteiger charge is 2.21. The van der Waals surface area contributed by atoms with Crippen molar-refractivity contribution in [3.63, 3.8) is 0 Å². The Morgan fingerprint density at radius 1 is 0.889 bits per heavy atom. The van der Waals surface area contributed by atoms with E-state index in [1.807, 2.05) is 18.2 Å². The molecule has 0 saturated carbocycles. The fourth-order valence-corrected chi connectivity index (χ4v) is 2.38. The fourth-order valence-electron chi connectivity index (χ4n) is 2.38. The van der Waals surface area contributed by atoms with Gasteiger partial charge in [-0.3, -0.25) is 0 Å². The van der Waals surface area contributed by atoms with E-state index in [2.05, 4.69) is 55.1 Å². The van der Waals surface area contributed by atoms with E-state index in [4.69, 9.17) is 5.73 Å². The summed E-state index contributed by atoms with van der Waals surface area (Å²) in [4.78, 5) is 0. The van der Waals surface area contributed by atoms with Gasteiger partial charge in [0.15, 0.2) is 0 Å². The van der Waals surface area contributed by atoms with Crippen molar-refractivity contribution in [2.75, 3.05) is 6.54 Å². The van der Waals surface area contributed by atoms with Crippen molar-refractivity contribution in [1.29, 1.82) is 0 Å². The summed E-state index contributed by atoms with van der Waals surface area (Å²) >= 11 is 0. The topological polar surface area (TPSA) is 26.0 Å². The Morgan fingerprint density at radius 2 is 1.33 bits per heavy atom. The summed E-state index contributed by atoms with van der Waals surface area (Å²) in [5.74, 6) is 0.546. The van der Waals surface area contributed by atoms with Gasteiger partial charge in [-0.2, -0.15) is 0 Å². The van der Waals surface area contributed by atoms with Crippen LogP contribution in [0.15, 0.2) is 73.3 Å². The third-order valence-electron chi connectivity index (χ3n) is 3.32. The summed E-state index contributed by atoms with van der Waals surface area (Å²) in [6.45, 7) is 4.53. The molecule has 0 amide bonds. The smallest absolute Gasteiger partial charge is 0.0164 e. The van der Waals surface area contributed by atoms with Crippen molar-refractivity contribution in [3.05, 3.63) is 84.4 Å². The molecule has 0 aliphatic rings. The molecule has 1 nitrogen and oxygen atoms in total. The van der Waals surface area contributed by atoms with Crippen LogP contribution in [-0.2, 0) is 0 Å². The quantitative estimate of drug-likeness (QED) is 0.790. The van der Waals surface area contributed by atoms with Crippen LogP contribution < -0.4 is 5.73 Å². The summed E-state index contributed by atoms with van der Waals surface area (Å²) in [6, 6.07) is 21.0. The molecule has 0 radical (unpaired) electrons. The third kappa shape index (κ3) is 2.69. The van der Waals surface area contributed by atoms with Crippen LogP contribution in [0.2, 0.25) is 0 Å². The SMILES string of the molecule is C=C[C@H](CN)C(c1ccccc1)c1ccccc1. The van der Waals surface area contributed by atoms with E-state index in [9.17, 15) is 0 Å². The summed E-state index contributed by atoms with van der Waals surface area (Å²) in [5.41, 5.74) is 8.47. The molecule has 92 valence electrons. The Hall–Kier alpha value is -1.86. The second-order valence-corrected chi connectivity index (χ2v) is 4.43. The lowest BCUT2D eigenvalue weighted by Crippen LogP contribution is -2.21. The first kappa shape index (κ1) is 12.6. The van der Waals surface area contributed by atoms with Crippen molar-refractivity contribution < 1.29 is 0 Å². The molecular weight excluding hydrogens is 218 g/mol. The monoisotopic (exact) mass is 237 g/mol. The zero-order valence-corrected chi connectivity index (χ0v) is 10.5. The van der Waals surface area contributed by atoms with Gasteiger partial charge in [-0.1, -0.05) is 66.7 Å². The van der Waals surface area contributed by atoms with E-state index < -0.39 is 0 Å². The normalized spacial score (nSPS) is 12.3. The van der Waals surface area contributed by atoms with E-state index in [1.165, 1.54) is 11.1 Å². The molecule has 2 N–H and O–H groups in total. The molecule has 0 heterocycles. The molecular formula is C17H19N. The van der Waals surface area contributed by atoms with Gasteiger partial charge in [-0.25, -0.2) is 0 Å². The number of hydrogen-bond donors (Lipinski definition) is 1. The first-order chi connectivity index (χ1) is 8.86. The third-order valence-corrected chi connectivity index (χ3v) is 3.32. The number of benzene rings is 2. The van der Waals surface area contributed by atoms with Crippen molar-refractivity contribution in [1.82, 2.24) is 0 Å². The number of hydrogen-bond acceptors (Lipinski definition) is 1. The van der Waals surface area contributed by atoms with Gasteiger partial charge in [0.1, 0.15) is 0 Å². The summed E-state index contributed by atoms with van der Waals surface area (Å²) in [7, 11) is 0. The fraction of sp³-hybridized carbons (Fsp3) is 0.176. The summed E-state index contributed by atoms with van der Waals surface area (Å²) in [5, 5.41) is 0. The molecule has 2 aromatic rings. The molecule has 18 heavy (non-hydrogen) atoms. The molecule has 0 fully saturated rings. The number of rotatable bonds is 5. The second-order valence-electron chi connectivity index (χ2n) is 4.43. The van der Waals surface area contributed by atoms with Crippen LogP contribution in [0.1, 0.15) is 17.0 Å². The lowest BCUT2D eigenvalue weighted by molar-refractivity contribution is 0.581. The molecule has 0 aromatic heterocycles. The van der Waals surface area contributed by atoms with Gasteiger partial charge in [-0.05, 0) is 23.6 Å². The molecule has 0 aliphatic carbocycles. The van der Waals surface area contributed by atoms with Gasteiger partial charge in [0.25, 0.3) is 0 Å². The Balaban J connectivity index is 2.44.